The van der Waals surface area contributed by atoms with Gasteiger partial charge in [-0.1, -0.05) is 12.1 Å². The van der Waals surface area contributed by atoms with E-state index in [4.69, 9.17) is 14.2 Å². The Morgan fingerprint density at radius 1 is 1.04 bits per heavy atom. The van der Waals surface area contributed by atoms with Gasteiger partial charge in [0.15, 0.2) is 12.4 Å². The van der Waals surface area contributed by atoms with Crippen molar-refractivity contribution >= 4 is 17.8 Å². The van der Waals surface area contributed by atoms with Gasteiger partial charge in [-0.25, -0.2) is 4.79 Å². The van der Waals surface area contributed by atoms with Crippen molar-refractivity contribution in [2.75, 3.05) is 20.8 Å². The maximum Gasteiger partial charge on any atom is 0.416 e. The van der Waals surface area contributed by atoms with Crippen molar-refractivity contribution in [3.8, 4) is 11.5 Å². The molecule has 5 nitrogen and oxygen atoms in total. The highest BCUT2D eigenvalue weighted by Gasteiger charge is 2.30. The number of esters is 1. The molecule has 0 spiro atoms. The van der Waals surface area contributed by atoms with Crippen molar-refractivity contribution in [3.05, 3.63) is 65.2 Å². The molecule has 0 bridgehead atoms. The second-order valence-electron chi connectivity index (χ2n) is 5.55. The second-order valence-corrected chi connectivity index (χ2v) is 5.55. The fraction of sp³-hybridized carbons (Fsp3) is 0.200. The van der Waals surface area contributed by atoms with Gasteiger partial charge in [-0.3, -0.25) is 4.79 Å². The number of carbonyl (C=O) groups is 2. The zero-order valence-corrected chi connectivity index (χ0v) is 15.1. The van der Waals surface area contributed by atoms with E-state index < -0.39 is 30.1 Å². The van der Waals surface area contributed by atoms with Crippen LogP contribution in [0.2, 0.25) is 0 Å². The Hall–Kier alpha value is -3.29. The summed E-state index contributed by atoms with van der Waals surface area (Å²) < 4.78 is 53.2. The molecule has 148 valence electrons. The summed E-state index contributed by atoms with van der Waals surface area (Å²) in [6, 6.07) is 8.88. The number of carbonyl (C=O) groups excluding carboxylic acids is 2. The van der Waals surface area contributed by atoms with E-state index in [1.165, 1.54) is 26.4 Å². The van der Waals surface area contributed by atoms with Crippen LogP contribution in [0.3, 0.4) is 0 Å². The van der Waals surface area contributed by atoms with Gasteiger partial charge in [-0.05, 0) is 36.4 Å². The number of ether oxygens (including phenoxy) is 3. The van der Waals surface area contributed by atoms with Gasteiger partial charge < -0.3 is 14.2 Å². The number of benzene rings is 2. The fourth-order valence-electron chi connectivity index (χ4n) is 2.26. The first-order chi connectivity index (χ1) is 13.2. The number of hydrogen-bond donors (Lipinski definition) is 0. The normalized spacial score (nSPS) is 11.3. The van der Waals surface area contributed by atoms with Crippen LogP contribution in [0.4, 0.5) is 13.2 Å². The Kier molecular flexibility index (Phi) is 6.81. The maximum absolute atomic E-state index is 12.7. The molecule has 2 aromatic rings. The van der Waals surface area contributed by atoms with Gasteiger partial charge in [-0.15, -0.1) is 0 Å². The number of Topliss-reactive ketones (excluding diaryl/α,β-unsaturated/α-hetero) is 1. The molecule has 0 aliphatic heterocycles. The zero-order valence-electron chi connectivity index (χ0n) is 15.1. The molecule has 0 aromatic heterocycles. The first-order valence-corrected chi connectivity index (χ1v) is 8.02. The minimum atomic E-state index is -4.56. The molecule has 8 heteroatoms. The molecule has 2 aromatic carbocycles. The lowest BCUT2D eigenvalue weighted by Crippen LogP contribution is -2.14. The van der Waals surface area contributed by atoms with Crippen LogP contribution < -0.4 is 9.47 Å². The average molecular weight is 394 g/mol. The molecule has 0 fully saturated rings. The van der Waals surface area contributed by atoms with Crippen LogP contribution in [-0.4, -0.2) is 32.6 Å². The summed E-state index contributed by atoms with van der Waals surface area (Å²) in [7, 11) is 2.95. The van der Waals surface area contributed by atoms with Crippen LogP contribution in [0.25, 0.3) is 6.08 Å². The van der Waals surface area contributed by atoms with E-state index in [0.717, 1.165) is 18.2 Å². The van der Waals surface area contributed by atoms with Crippen molar-refractivity contribution in [3.63, 3.8) is 0 Å². The van der Waals surface area contributed by atoms with E-state index in [0.29, 0.717) is 23.1 Å². The van der Waals surface area contributed by atoms with Crippen molar-refractivity contribution in [2.45, 2.75) is 6.18 Å². The lowest BCUT2D eigenvalue weighted by atomic mass is 10.1. The largest absolute Gasteiger partial charge is 0.497 e. The van der Waals surface area contributed by atoms with Crippen LogP contribution in [-0.2, 0) is 15.7 Å². The SMILES string of the molecule is COc1ccc(OC)c(/C=C/C(=O)OCC(=O)c2cccc(C(F)(F)F)c2)c1. The first kappa shape index (κ1) is 21.0. The van der Waals surface area contributed by atoms with Crippen LogP contribution in [0.5, 0.6) is 11.5 Å². The highest BCUT2D eigenvalue weighted by Crippen LogP contribution is 2.29. The molecule has 0 heterocycles. The van der Waals surface area contributed by atoms with E-state index in [-0.39, 0.29) is 5.56 Å². The number of alkyl halides is 3. The third-order valence-electron chi connectivity index (χ3n) is 3.69. The Labute approximate surface area is 159 Å². The fourth-order valence-corrected chi connectivity index (χ4v) is 2.26. The minimum absolute atomic E-state index is 0.193. The Morgan fingerprint density at radius 2 is 1.79 bits per heavy atom. The van der Waals surface area contributed by atoms with Crippen molar-refractivity contribution in [1.82, 2.24) is 0 Å². The minimum Gasteiger partial charge on any atom is -0.497 e. The van der Waals surface area contributed by atoms with E-state index >= 15 is 0 Å². The Balaban J connectivity index is 2.01. The van der Waals surface area contributed by atoms with E-state index in [1.54, 1.807) is 18.2 Å². The molecule has 0 saturated carbocycles. The predicted molar refractivity (Wildman–Crippen MR) is 95.3 cm³/mol. The molecule has 0 radical (unpaired) electrons. The Morgan fingerprint density at radius 3 is 2.43 bits per heavy atom. The summed E-state index contributed by atoms with van der Waals surface area (Å²) in [5.41, 5.74) is -0.598. The molecule has 2 rings (SSSR count). The zero-order chi connectivity index (χ0) is 20.7. The molecule has 0 saturated heterocycles. The molecule has 0 atom stereocenters. The van der Waals surface area contributed by atoms with Crippen LogP contribution in [0.1, 0.15) is 21.5 Å². The number of hydrogen-bond acceptors (Lipinski definition) is 5. The molecular formula is C20H17F3O5. The van der Waals surface area contributed by atoms with Crippen molar-refractivity contribution in [2.24, 2.45) is 0 Å². The number of methoxy groups -OCH3 is 2. The topological polar surface area (TPSA) is 61.8 Å². The first-order valence-electron chi connectivity index (χ1n) is 8.02. The van der Waals surface area contributed by atoms with Crippen molar-refractivity contribution in [1.29, 1.82) is 0 Å². The third-order valence-corrected chi connectivity index (χ3v) is 3.69. The summed E-state index contributed by atoms with van der Waals surface area (Å²) in [5, 5.41) is 0. The summed E-state index contributed by atoms with van der Waals surface area (Å²) in [4.78, 5) is 23.8. The molecule has 28 heavy (non-hydrogen) atoms. The standard InChI is InChI=1S/C20H17F3O5/c1-26-16-7-8-18(27-2)14(11-16)6-9-19(25)28-12-17(24)13-4-3-5-15(10-13)20(21,22)23/h3-11H,12H2,1-2H3/b9-6+. The number of rotatable bonds is 7. The molecule has 0 aliphatic rings. The molecule has 0 amide bonds. The molecule has 0 unspecified atom stereocenters. The molecule has 0 aliphatic carbocycles. The summed E-state index contributed by atoms with van der Waals surface area (Å²) in [6.07, 6.45) is -2.07. The van der Waals surface area contributed by atoms with E-state index in [2.05, 4.69) is 0 Å². The van der Waals surface area contributed by atoms with Gasteiger partial charge in [0, 0.05) is 17.2 Å². The second kappa shape index (κ2) is 9.07. The van der Waals surface area contributed by atoms with Gasteiger partial charge in [-0.2, -0.15) is 13.2 Å². The lowest BCUT2D eigenvalue weighted by Gasteiger charge is -2.08. The predicted octanol–water partition coefficient (Wildman–Crippen LogP) is 4.16. The molecular weight excluding hydrogens is 377 g/mol. The van der Waals surface area contributed by atoms with E-state index in [9.17, 15) is 22.8 Å². The van der Waals surface area contributed by atoms with Gasteiger partial charge in [0.25, 0.3) is 0 Å². The van der Waals surface area contributed by atoms with Gasteiger partial charge in [0.1, 0.15) is 11.5 Å². The lowest BCUT2D eigenvalue weighted by molar-refractivity contribution is -0.138. The maximum atomic E-state index is 12.7. The monoisotopic (exact) mass is 394 g/mol. The van der Waals surface area contributed by atoms with Crippen LogP contribution in [0, 0.1) is 0 Å². The summed E-state index contributed by atoms with van der Waals surface area (Å²) >= 11 is 0. The number of halogens is 3. The third kappa shape index (κ3) is 5.60. The summed E-state index contributed by atoms with van der Waals surface area (Å²) in [5.74, 6) is -0.532. The highest BCUT2D eigenvalue weighted by atomic mass is 19.4. The van der Waals surface area contributed by atoms with Gasteiger partial charge >= 0.3 is 12.1 Å². The van der Waals surface area contributed by atoms with Crippen LogP contribution in [0.15, 0.2) is 48.5 Å². The quantitative estimate of drug-likeness (QED) is 0.401. The van der Waals surface area contributed by atoms with E-state index in [1.807, 2.05) is 0 Å². The van der Waals surface area contributed by atoms with Crippen molar-refractivity contribution < 1.29 is 37.0 Å². The van der Waals surface area contributed by atoms with Gasteiger partial charge in [0.2, 0.25) is 0 Å². The highest BCUT2D eigenvalue weighted by molar-refractivity contribution is 5.99. The van der Waals surface area contributed by atoms with Gasteiger partial charge in [0.05, 0.1) is 19.8 Å². The molecule has 0 N–H and O–H groups in total. The van der Waals surface area contributed by atoms with Crippen LogP contribution >= 0.6 is 0 Å². The Bertz CT molecular complexity index is 888. The summed E-state index contributed by atoms with van der Waals surface area (Å²) in [6.45, 7) is -0.681. The number of ketones is 1. The smallest absolute Gasteiger partial charge is 0.416 e. The average Bonchev–Trinajstić information content (AvgIpc) is 2.69.